The highest BCUT2D eigenvalue weighted by molar-refractivity contribution is 9.10. The first-order chi connectivity index (χ1) is 12.2. The molecule has 2 aromatic rings. The Labute approximate surface area is 157 Å². The average Bonchev–Trinajstić information content (AvgIpc) is 2.64. The summed E-state index contributed by atoms with van der Waals surface area (Å²) in [5.41, 5.74) is 1.09. The lowest BCUT2D eigenvalue weighted by molar-refractivity contribution is 0.0444. The van der Waals surface area contributed by atoms with E-state index >= 15 is 0 Å². The van der Waals surface area contributed by atoms with Gasteiger partial charge in [0.2, 0.25) is 0 Å². The van der Waals surface area contributed by atoms with Gasteiger partial charge in [0, 0.05) is 49.9 Å². The standard InChI is InChI=1S/C19H24BrN3O2/c20-16-6-7-17(21-12-16)13-22-8-10-23(11-9-22)14-18(24)15-25-19-4-2-1-3-5-19/h1-7,12,18,24H,8-11,13-15H2/t18-/m0/s1. The van der Waals surface area contributed by atoms with Crippen molar-refractivity contribution < 1.29 is 9.84 Å². The van der Waals surface area contributed by atoms with Gasteiger partial charge in [-0.15, -0.1) is 0 Å². The van der Waals surface area contributed by atoms with Crippen molar-refractivity contribution in [3.63, 3.8) is 0 Å². The third-order valence-corrected chi connectivity index (χ3v) is 4.76. The number of nitrogens with zero attached hydrogens (tertiary/aromatic N) is 3. The first kappa shape index (κ1) is 18.3. The molecule has 25 heavy (non-hydrogen) atoms. The fourth-order valence-electron chi connectivity index (χ4n) is 2.92. The number of benzene rings is 1. The molecule has 1 saturated heterocycles. The smallest absolute Gasteiger partial charge is 0.119 e. The Hall–Kier alpha value is -1.47. The van der Waals surface area contributed by atoms with Crippen LogP contribution in [0.3, 0.4) is 0 Å². The number of piperazine rings is 1. The van der Waals surface area contributed by atoms with Crippen LogP contribution in [0.1, 0.15) is 5.69 Å². The van der Waals surface area contributed by atoms with Gasteiger partial charge in [-0.25, -0.2) is 0 Å². The molecule has 0 unspecified atom stereocenters. The van der Waals surface area contributed by atoms with E-state index in [4.69, 9.17) is 4.74 Å². The van der Waals surface area contributed by atoms with E-state index < -0.39 is 6.10 Å². The number of rotatable bonds is 7. The van der Waals surface area contributed by atoms with E-state index in [1.54, 1.807) is 0 Å². The van der Waals surface area contributed by atoms with Crippen molar-refractivity contribution in [3.05, 3.63) is 58.8 Å². The van der Waals surface area contributed by atoms with Crippen molar-refractivity contribution in [1.82, 2.24) is 14.8 Å². The minimum atomic E-state index is -0.472. The van der Waals surface area contributed by atoms with Crippen LogP contribution in [-0.4, -0.2) is 65.3 Å². The third-order valence-electron chi connectivity index (χ3n) is 4.29. The normalized spacial score (nSPS) is 17.4. The minimum absolute atomic E-state index is 0.326. The molecule has 1 aromatic heterocycles. The van der Waals surface area contributed by atoms with Crippen LogP contribution in [0.2, 0.25) is 0 Å². The fraction of sp³-hybridized carbons (Fsp3) is 0.421. The summed E-state index contributed by atoms with van der Waals surface area (Å²) < 4.78 is 6.63. The molecule has 3 rings (SSSR count). The van der Waals surface area contributed by atoms with Gasteiger partial charge in [-0.2, -0.15) is 0 Å². The number of hydrogen-bond acceptors (Lipinski definition) is 5. The summed E-state index contributed by atoms with van der Waals surface area (Å²) >= 11 is 3.41. The molecule has 1 aromatic carbocycles. The Morgan fingerprint density at radius 2 is 1.76 bits per heavy atom. The molecule has 0 aliphatic carbocycles. The highest BCUT2D eigenvalue weighted by Gasteiger charge is 2.19. The van der Waals surface area contributed by atoms with Crippen molar-refractivity contribution in [2.24, 2.45) is 0 Å². The lowest BCUT2D eigenvalue weighted by Crippen LogP contribution is -2.48. The van der Waals surface area contributed by atoms with E-state index in [0.29, 0.717) is 13.2 Å². The topological polar surface area (TPSA) is 48.8 Å². The molecule has 2 heterocycles. The van der Waals surface area contributed by atoms with Gasteiger partial charge in [-0.1, -0.05) is 18.2 Å². The van der Waals surface area contributed by atoms with Crippen molar-refractivity contribution >= 4 is 15.9 Å². The van der Waals surface area contributed by atoms with Crippen LogP contribution in [0.4, 0.5) is 0 Å². The number of aromatic nitrogens is 1. The van der Waals surface area contributed by atoms with E-state index in [1.807, 2.05) is 42.6 Å². The predicted octanol–water partition coefficient (Wildman–Crippen LogP) is 2.40. The summed E-state index contributed by atoms with van der Waals surface area (Å²) in [5.74, 6) is 0.799. The molecule has 0 radical (unpaired) electrons. The zero-order valence-corrected chi connectivity index (χ0v) is 15.8. The van der Waals surface area contributed by atoms with Crippen molar-refractivity contribution in [3.8, 4) is 5.75 Å². The van der Waals surface area contributed by atoms with Gasteiger partial charge in [0.1, 0.15) is 18.5 Å². The molecule has 0 saturated carbocycles. The lowest BCUT2D eigenvalue weighted by atomic mass is 10.2. The summed E-state index contributed by atoms with van der Waals surface area (Å²) in [6.07, 6.45) is 1.37. The van der Waals surface area contributed by atoms with Crippen LogP contribution in [0, 0.1) is 0 Å². The van der Waals surface area contributed by atoms with Crippen molar-refractivity contribution in [1.29, 1.82) is 0 Å². The van der Waals surface area contributed by atoms with Gasteiger partial charge in [0.05, 0.1) is 5.69 Å². The molecule has 1 N–H and O–H groups in total. The number of β-amino-alcohol motifs (C(OH)–C–C–N with tert-alkyl or cyclic N) is 1. The first-order valence-corrected chi connectivity index (χ1v) is 9.39. The molecule has 5 nitrogen and oxygen atoms in total. The summed E-state index contributed by atoms with van der Waals surface area (Å²) in [4.78, 5) is 9.13. The first-order valence-electron chi connectivity index (χ1n) is 8.60. The number of aliphatic hydroxyl groups is 1. The second kappa shape index (κ2) is 9.29. The zero-order chi connectivity index (χ0) is 17.5. The number of hydrogen-bond donors (Lipinski definition) is 1. The molecule has 1 atom stereocenters. The molecule has 134 valence electrons. The number of ether oxygens (including phenoxy) is 1. The van der Waals surface area contributed by atoms with Crippen LogP contribution >= 0.6 is 15.9 Å². The highest BCUT2D eigenvalue weighted by atomic mass is 79.9. The Bertz CT molecular complexity index is 631. The summed E-state index contributed by atoms with van der Waals surface area (Å²) in [6.45, 7) is 5.75. The maximum absolute atomic E-state index is 10.2. The molecule has 1 aliphatic heterocycles. The van der Waals surface area contributed by atoms with E-state index in [1.165, 1.54) is 0 Å². The Morgan fingerprint density at radius 1 is 1.04 bits per heavy atom. The van der Waals surface area contributed by atoms with Crippen LogP contribution in [0.25, 0.3) is 0 Å². The maximum Gasteiger partial charge on any atom is 0.119 e. The number of para-hydroxylation sites is 1. The highest BCUT2D eigenvalue weighted by Crippen LogP contribution is 2.12. The molecule has 1 aliphatic rings. The van der Waals surface area contributed by atoms with Crippen LogP contribution in [-0.2, 0) is 6.54 Å². The number of pyridine rings is 1. The van der Waals surface area contributed by atoms with Crippen LogP contribution in [0.15, 0.2) is 53.1 Å². The van der Waals surface area contributed by atoms with Crippen LogP contribution in [0.5, 0.6) is 5.75 Å². The second-order valence-electron chi connectivity index (χ2n) is 6.32. The van der Waals surface area contributed by atoms with Gasteiger partial charge in [0.15, 0.2) is 0 Å². The Morgan fingerprint density at radius 3 is 2.44 bits per heavy atom. The summed E-state index contributed by atoms with van der Waals surface area (Å²) in [7, 11) is 0. The molecular weight excluding hydrogens is 382 g/mol. The van der Waals surface area contributed by atoms with Gasteiger partial charge < -0.3 is 9.84 Å². The van der Waals surface area contributed by atoms with Gasteiger partial charge in [0.25, 0.3) is 0 Å². The largest absolute Gasteiger partial charge is 0.491 e. The fourth-order valence-corrected chi connectivity index (χ4v) is 3.15. The summed E-state index contributed by atoms with van der Waals surface area (Å²) in [6, 6.07) is 13.7. The molecule has 0 bridgehead atoms. The molecule has 0 spiro atoms. The molecule has 6 heteroatoms. The zero-order valence-electron chi connectivity index (χ0n) is 14.2. The second-order valence-corrected chi connectivity index (χ2v) is 7.24. The summed E-state index contributed by atoms with van der Waals surface area (Å²) in [5, 5.41) is 10.2. The SMILES string of the molecule is O[C@H](COc1ccccc1)CN1CCN(Cc2ccc(Br)cn2)CC1. The predicted molar refractivity (Wildman–Crippen MR) is 102 cm³/mol. The third kappa shape index (κ3) is 6.08. The minimum Gasteiger partial charge on any atom is -0.491 e. The van der Waals surface area contributed by atoms with E-state index in [-0.39, 0.29) is 0 Å². The quantitative estimate of drug-likeness (QED) is 0.766. The van der Waals surface area contributed by atoms with E-state index in [0.717, 1.165) is 48.6 Å². The van der Waals surface area contributed by atoms with Gasteiger partial charge >= 0.3 is 0 Å². The monoisotopic (exact) mass is 405 g/mol. The van der Waals surface area contributed by atoms with Gasteiger partial charge in [-0.05, 0) is 40.2 Å². The number of aliphatic hydroxyl groups excluding tert-OH is 1. The average molecular weight is 406 g/mol. The molecular formula is C19H24BrN3O2. The maximum atomic E-state index is 10.2. The molecule has 0 amide bonds. The van der Waals surface area contributed by atoms with Crippen molar-refractivity contribution in [2.45, 2.75) is 12.6 Å². The van der Waals surface area contributed by atoms with E-state index in [9.17, 15) is 5.11 Å². The Kier molecular flexibility index (Phi) is 6.81. The lowest BCUT2D eigenvalue weighted by Gasteiger charge is -2.35. The van der Waals surface area contributed by atoms with Crippen LogP contribution < -0.4 is 4.74 Å². The number of halogens is 1. The molecule has 1 fully saturated rings. The van der Waals surface area contributed by atoms with Gasteiger partial charge in [-0.3, -0.25) is 14.8 Å². The Balaban J connectivity index is 1.36. The van der Waals surface area contributed by atoms with E-state index in [2.05, 4.69) is 36.8 Å². The van der Waals surface area contributed by atoms with Crippen molar-refractivity contribution in [2.75, 3.05) is 39.3 Å².